The smallest absolute Gasteiger partial charge is 0.423 e. The zero-order valence-electron chi connectivity index (χ0n) is 20.0. The van der Waals surface area contributed by atoms with Crippen molar-refractivity contribution in [2.24, 2.45) is 0 Å². The number of aryl methyl sites for hydroxylation is 2. The summed E-state index contributed by atoms with van der Waals surface area (Å²) in [5.74, 6) is -0.0958. The first kappa shape index (κ1) is 26.0. The third-order valence-corrected chi connectivity index (χ3v) is 8.24. The molecule has 0 saturated carbocycles. The molecule has 1 aromatic carbocycles. The number of aromatic nitrogens is 1. The van der Waals surface area contributed by atoms with Gasteiger partial charge in [0, 0.05) is 13.2 Å². The Kier molecular flexibility index (Phi) is 7.78. The van der Waals surface area contributed by atoms with Gasteiger partial charge < -0.3 is 19.3 Å². The van der Waals surface area contributed by atoms with E-state index in [1.807, 2.05) is 6.07 Å². The van der Waals surface area contributed by atoms with Crippen LogP contribution in [0.4, 0.5) is 16.4 Å². The van der Waals surface area contributed by atoms with Crippen LogP contribution in [0.25, 0.3) is 4.72 Å². The van der Waals surface area contributed by atoms with Gasteiger partial charge >= 0.3 is 29.6 Å². The van der Waals surface area contributed by atoms with E-state index in [4.69, 9.17) is 9.26 Å². The van der Waals surface area contributed by atoms with Gasteiger partial charge in [0.05, 0.1) is 11.6 Å². The van der Waals surface area contributed by atoms with E-state index in [1.165, 1.54) is 11.1 Å². The molecule has 0 bridgehead atoms. The number of fused-ring (bicyclic) bond motifs is 2. The van der Waals surface area contributed by atoms with E-state index in [2.05, 4.69) is 21.3 Å². The first-order valence-corrected chi connectivity index (χ1v) is 13.0. The molecule has 1 saturated heterocycles. The number of urea groups is 1. The molecule has 0 atom stereocenters. The molecule has 1 aliphatic heterocycles. The summed E-state index contributed by atoms with van der Waals surface area (Å²) < 4.78 is 42.1. The van der Waals surface area contributed by atoms with Crippen LogP contribution in [0.1, 0.15) is 59.2 Å². The number of carbonyl (C=O) groups excluding carboxylic acids is 1. The van der Waals surface area contributed by atoms with Gasteiger partial charge in [-0.2, -0.15) is 5.26 Å². The summed E-state index contributed by atoms with van der Waals surface area (Å²) in [6.45, 7) is 2.29. The first-order valence-electron chi connectivity index (χ1n) is 11.6. The fourth-order valence-corrected chi connectivity index (χ4v) is 6.57. The van der Waals surface area contributed by atoms with Crippen molar-refractivity contribution < 1.29 is 52.0 Å². The number of hydrogen-bond acceptors (Lipinski definition) is 7. The normalized spacial score (nSPS) is 17.1. The molecule has 2 amide bonds. The van der Waals surface area contributed by atoms with Crippen LogP contribution in [-0.4, -0.2) is 38.9 Å². The molecule has 10 nitrogen and oxygen atoms in total. The molecule has 1 aromatic heterocycles. The van der Waals surface area contributed by atoms with Gasteiger partial charge in [0.1, 0.15) is 6.07 Å². The summed E-state index contributed by atoms with van der Waals surface area (Å²) in [5.41, 5.74) is 5.63. The van der Waals surface area contributed by atoms with E-state index >= 15 is 0 Å². The van der Waals surface area contributed by atoms with Gasteiger partial charge in [-0.25, -0.2) is 12.7 Å². The zero-order chi connectivity index (χ0) is 23.9. The number of nitriles is 1. The number of amides is 2. The molecule has 2 aromatic rings. The van der Waals surface area contributed by atoms with E-state index in [9.17, 15) is 18.5 Å². The monoisotopic (exact) mass is 507 g/mol. The van der Waals surface area contributed by atoms with Gasteiger partial charge in [-0.3, -0.25) is 4.79 Å². The van der Waals surface area contributed by atoms with E-state index in [0.29, 0.717) is 26.1 Å². The predicted octanol–water partition coefficient (Wildman–Crippen LogP) is 0.672. The average molecular weight is 508 g/mol. The third kappa shape index (κ3) is 4.95. The van der Waals surface area contributed by atoms with Crippen LogP contribution < -0.4 is 39.2 Å². The van der Waals surface area contributed by atoms with Gasteiger partial charge in [0.2, 0.25) is 5.88 Å². The van der Waals surface area contributed by atoms with Crippen LogP contribution in [0.5, 0.6) is 0 Å². The number of carbonyl (C=O) groups is 1. The van der Waals surface area contributed by atoms with Gasteiger partial charge in [-0.15, -0.1) is 0 Å². The minimum atomic E-state index is -4.49. The van der Waals surface area contributed by atoms with Crippen molar-refractivity contribution >= 4 is 27.8 Å². The maximum atomic E-state index is 13.4. The topological polar surface area (TPSA) is 140 Å². The minimum Gasteiger partial charge on any atom is -0.423 e. The van der Waals surface area contributed by atoms with Crippen LogP contribution >= 0.6 is 0 Å². The molecule has 180 valence electrons. The Balaban J connectivity index is 0.00000289. The van der Waals surface area contributed by atoms with E-state index in [0.717, 1.165) is 59.6 Å². The number of nitrogens with one attached hydrogen (secondary N) is 1. The van der Waals surface area contributed by atoms with Crippen molar-refractivity contribution in [3.63, 3.8) is 0 Å². The predicted molar refractivity (Wildman–Crippen MR) is 124 cm³/mol. The Labute approximate surface area is 226 Å². The van der Waals surface area contributed by atoms with Gasteiger partial charge in [0.25, 0.3) is 10.2 Å². The Bertz CT molecular complexity index is 1250. The summed E-state index contributed by atoms with van der Waals surface area (Å²) in [4.78, 5) is 13.0. The maximum absolute atomic E-state index is 13.4. The van der Waals surface area contributed by atoms with Crippen molar-refractivity contribution in [3.8, 4) is 6.07 Å². The van der Waals surface area contributed by atoms with Gasteiger partial charge in [-0.1, -0.05) is 11.2 Å². The third-order valence-electron chi connectivity index (χ3n) is 6.88. The fourth-order valence-electron chi connectivity index (χ4n) is 5.26. The van der Waals surface area contributed by atoms with Crippen LogP contribution in [-0.2, 0) is 40.6 Å². The summed E-state index contributed by atoms with van der Waals surface area (Å²) in [6.07, 6.45) is 6.46. The molecule has 2 heterocycles. The number of benzene rings is 1. The second-order valence-corrected chi connectivity index (χ2v) is 10.4. The Morgan fingerprint density at radius 2 is 1.80 bits per heavy atom. The molecule has 0 spiro atoms. The molecule has 0 radical (unpaired) electrons. The molecular formula is C23H26N5NaO5S. The summed E-state index contributed by atoms with van der Waals surface area (Å²) in [7, 11) is -4.49. The van der Waals surface area contributed by atoms with Crippen molar-refractivity contribution in [1.82, 2.24) is 5.16 Å². The van der Waals surface area contributed by atoms with Crippen molar-refractivity contribution in [1.29, 1.82) is 5.26 Å². The average Bonchev–Trinajstić information content (AvgIpc) is 3.54. The van der Waals surface area contributed by atoms with Crippen LogP contribution in [0, 0.1) is 18.3 Å². The summed E-state index contributed by atoms with van der Waals surface area (Å²) in [6, 6.07) is 2.65. The van der Waals surface area contributed by atoms with E-state index < -0.39 is 22.3 Å². The molecule has 2 aliphatic carbocycles. The molecule has 3 aliphatic rings. The number of anilines is 2. The van der Waals surface area contributed by atoms with Gasteiger partial charge in [-0.05, 0) is 86.2 Å². The number of ether oxygens (including phenoxy) is 1. The molecule has 1 N–H and O–H groups in total. The van der Waals surface area contributed by atoms with E-state index in [1.54, 1.807) is 6.92 Å². The van der Waals surface area contributed by atoms with Crippen LogP contribution in [0.15, 0.2) is 10.6 Å². The Morgan fingerprint density at radius 1 is 1.17 bits per heavy atom. The second kappa shape index (κ2) is 10.5. The van der Waals surface area contributed by atoms with E-state index in [-0.39, 0.29) is 46.7 Å². The first-order chi connectivity index (χ1) is 16.4. The number of nitrogens with zero attached hydrogens (tertiary/aromatic N) is 4. The number of rotatable bonds is 5. The fraction of sp³-hybridized carbons (Fsp3) is 0.522. The minimum absolute atomic E-state index is 0. The molecule has 5 rings (SSSR count). The molecule has 35 heavy (non-hydrogen) atoms. The van der Waals surface area contributed by atoms with Crippen LogP contribution in [0.2, 0.25) is 0 Å². The number of hydrogen-bond donors (Lipinski definition) is 1. The van der Waals surface area contributed by atoms with Crippen molar-refractivity contribution in [2.75, 3.05) is 22.8 Å². The molecule has 0 unspecified atom stereocenters. The molecule has 1 fully saturated rings. The van der Waals surface area contributed by atoms with Crippen LogP contribution in [0.3, 0.4) is 0 Å². The SMILES string of the molecule is Cc1c(C#N)noc1N(C1CCOCC1)S(=O)(=O)[N-]C(=O)Nc1c2c(cc3c1CCC3)CCC2.[Na+]. The summed E-state index contributed by atoms with van der Waals surface area (Å²) >= 11 is 0. The molecular weight excluding hydrogens is 481 g/mol. The standard InChI is InChI=1S/C23H27N5O5S.Na/c1-14-20(13-24)26-33-22(14)28(17-8-10-32-11-9-17)34(30,31)27-23(29)25-21-18-6-2-4-15(18)12-16-5-3-7-19(16)21;/h12,17H,2-11H2,1H3,(H2,25,27,29);/q;+1/p-1. The largest absolute Gasteiger partial charge is 1.00 e. The Hall–Kier alpha value is -2.10. The maximum Gasteiger partial charge on any atom is 1.00 e. The quantitative estimate of drug-likeness (QED) is 0.587. The van der Waals surface area contributed by atoms with Gasteiger partial charge in [0.15, 0.2) is 11.7 Å². The summed E-state index contributed by atoms with van der Waals surface area (Å²) in [5, 5.41) is 15.7. The zero-order valence-corrected chi connectivity index (χ0v) is 22.8. The van der Waals surface area contributed by atoms with Crippen molar-refractivity contribution in [2.45, 2.75) is 64.3 Å². The molecule has 12 heteroatoms. The Morgan fingerprint density at radius 3 is 2.37 bits per heavy atom. The second-order valence-electron chi connectivity index (χ2n) is 8.95. The van der Waals surface area contributed by atoms with Crippen molar-refractivity contribution in [3.05, 3.63) is 44.3 Å².